The van der Waals surface area contributed by atoms with Gasteiger partial charge in [0.25, 0.3) is 17.7 Å². The van der Waals surface area contributed by atoms with Gasteiger partial charge in [0.15, 0.2) is 0 Å². The first-order chi connectivity index (χ1) is 15.6. The van der Waals surface area contributed by atoms with E-state index in [0.717, 1.165) is 12.8 Å². The van der Waals surface area contributed by atoms with E-state index in [-0.39, 0.29) is 11.5 Å². The maximum absolute atomic E-state index is 12.3. The molecule has 5 heteroatoms. The van der Waals surface area contributed by atoms with Crippen LogP contribution in [0.2, 0.25) is 0 Å². The first-order valence-corrected chi connectivity index (χ1v) is 12.9. The summed E-state index contributed by atoms with van der Waals surface area (Å²) in [4.78, 5) is 35.5. The molecule has 0 unspecified atom stereocenters. The molecule has 0 spiro atoms. The molecule has 0 saturated carbocycles. The highest BCUT2D eigenvalue weighted by Crippen LogP contribution is 2.17. The summed E-state index contributed by atoms with van der Waals surface area (Å²) in [6.45, 7) is 2.91. The van der Waals surface area contributed by atoms with E-state index in [1.165, 1.54) is 96.0 Å². The summed E-state index contributed by atoms with van der Waals surface area (Å²) < 4.78 is 0. The van der Waals surface area contributed by atoms with Crippen LogP contribution in [-0.4, -0.2) is 24.3 Å². The topological polar surface area (TPSA) is 75.3 Å². The minimum Gasteiger partial charge on any atom is -0.352 e. The van der Waals surface area contributed by atoms with Crippen LogP contribution in [-0.2, 0) is 0 Å². The van der Waals surface area contributed by atoms with E-state index in [0.29, 0.717) is 17.7 Å². The predicted molar refractivity (Wildman–Crippen MR) is 130 cm³/mol. The first-order valence-electron chi connectivity index (χ1n) is 12.9. The maximum Gasteiger partial charge on any atom is 0.258 e. The third-order valence-electron chi connectivity index (χ3n) is 6.31. The number of rotatable bonds is 18. The number of nitrogens with one attached hydrogen (secondary N) is 2. The normalized spacial score (nSPS) is 12.7. The summed E-state index contributed by atoms with van der Waals surface area (Å²) in [7, 11) is 0. The van der Waals surface area contributed by atoms with E-state index >= 15 is 0 Å². The highest BCUT2D eigenvalue weighted by atomic mass is 16.2. The zero-order valence-electron chi connectivity index (χ0n) is 20.0. The van der Waals surface area contributed by atoms with Gasteiger partial charge in [0.05, 0.1) is 11.1 Å². The van der Waals surface area contributed by atoms with Crippen molar-refractivity contribution in [2.24, 2.45) is 0 Å². The van der Waals surface area contributed by atoms with E-state index in [2.05, 4.69) is 17.6 Å². The smallest absolute Gasteiger partial charge is 0.258 e. The molecule has 2 N–H and O–H groups in total. The van der Waals surface area contributed by atoms with Crippen LogP contribution in [0.3, 0.4) is 0 Å². The lowest BCUT2D eigenvalue weighted by Crippen LogP contribution is -2.24. The molecule has 0 aromatic heterocycles. The van der Waals surface area contributed by atoms with E-state index in [4.69, 9.17) is 0 Å². The average Bonchev–Trinajstić information content (AvgIpc) is 3.08. The van der Waals surface area contributed by atoms with Gasteiger partial charge in [0.1, 0.15) is 0 Å². The Bertz CT molecular complexity index is 730. The van der Waals surface area contributed by atoms with Crippen molar-refractivity contribution in [3.63, 3.8) is 0 Å². The number of hydrogen-bond acceptors (Lipinski definition) is 3. The van der Waals surface area contributed by atoms with Crippen molar-refractivity contribution in [2.45, 2.75) is 110 Å². The van der Waals surface area contributed by atoms with Crippen LogP contribution in [0, 0.1) is 0 Å². The fourth-order valence-corrected chi connectivity index (χ4v) is 4.29. The highest BCUT2D eigenvalue weighted by molar-refractivity contribution is 6.22. The van der Waals surface area contributed by atoms with Gasteiger partial charge in [-0.05, 0) is 24.6 Å². The fraction of sp³-hybridized carbons (Fsp3) is 0.667. The molecule has 0 bridgehead atoms. The first kappa shape index (κ1) is 26.1. The summed E-state index contributed by atoms with van der Waals surface area (Å²) in [5, 5.41) is 5.15. The van der Waals surface area contributed by atoms with Gasteiger partial charge >= 0.3 is 0 Å². The second kappa shape index (κ2) is 15.6. The van der Waals surface area contributed by atoms with E-state index in [9.17, 15) is 14.4 Å². The Balaban J connectivity index is 1.39. The maximum atomic E-state index is 12.3. The molecule has 5 nitrogen and oxygen atoms in total. The van der Waals surface area contributed by atoms with Crippen LogP contribution in [0.4, 0.5) is 0 Å². The summed E-state index contributed by atoms with van der Waals surface area (Å²) in [5.41, 5.74) is 1.04. The van der Waals surface area contributed by atoms with E-state index < -0.39 is 11.8 Å². The van der Waals surface area contributed by atoms with Crippen molar-refractivity contribution in [3.8, 4) is 0 Å². The third kappa shape index (κ3) is 9.54. The van der Waals surface area contributed by atoms with Crippen LogP contribution in [0.5, 0.6) is 0 Å². The zero-order valence-corrected chi connectivity index (χ0v) is 20.0. The van der Waals surface area contributed by atoms with Crippen LogP contribution < -0.4 is 10.6 Å². The molecular formula is C27H42N2O3. The molecular weight excluding hydrogens is 400 g/mol. The molecule has 3 amide bonds. The Kier molecular flexibility index (Phi) is 12.7. The third-order valence-corrected chi connectivity index (χ3v) is 6.31. The van der Waals surface area contributed by atoms with Crippen molar-refractivity contribution in [3.05, 3.63) is 34.9 Å². The van der Waals surface area contributed by atoms with Crippen LogP contribution in [0.25, 0.3) is 0 Å². The molecule has 0 aliphatic carbocycles. The lowest BCUT2D eigenvalue weighted by Gasteiger charge is -2.06. The van der Waals surface area contributed by atoms with E-state index in [1.807, 2.05) is 0 Å². The SMILES string of the molecule is CCCCCCCCCCCCCCCCCCNC(=O)c1ccc2c(c1)C(=O)NC2=O. The van der Waals surface area contributed by atoms with Gasteiger partial charge in [-0.3, -0.25) is 19.7 Å². The fourth-order valence-electron chi connectivity index (χ4n) is 4.29. The number of fused-ring (bicyclic) bond motifs is 1. The monoisotopic (exact) mass is 442 g/mol. The van der Waals surface area contributed by atoms with Gasteiger partial charge in [-0.1, -0.05) is 103 Å². The molecule has 2 rings (SSSR count). The molecule has 178 valence electrons. The van der Waals surface area contributed by atoms with Gasteiger partial charge in [-0.25, -0.2) is 0 Å². The number of benzene rings is 1. The Labute approximate surface area is 194 Å². The van der Waals surface area contributed by atoms with Crippen LogP contribution in [0.1, 0.15) is 141 Å². The number of hydrogen-bond donors (Lipinski definition) is 2. The number of unbranched alkanes of at least 4 members (excludes halogenated alkanes) is 15. The van der Waals surface area contributed by atoms with Crippen molar-refractivity contribution in [1.29, 1.82) is 0 Å². The lowest BCUT2D eigenvalue weighted by molar-refractivity contribution is 0.0878. The minimum atomic E-state index is -0.433. The molecule has 1 aromatic carbocycles. The Hall–Kier alpha value is -2.17. The summed E-state index contributed by atoms with van der Waals surface area (Å²) >= 11 is 0. The lowest BCUT2D eigenvalue weighted by atomic mass is 10.0. The standard InChI is InChI=1S/C27H42N2O3/c1-2-3-4-5-6-7-8-9-10-11-12-13-14-15-16-17-20-28-25(30)22-18-19-23-24(21-22)27(32)29-26(23)31/h18-19,21H,2-17,20H2,1H3,(H,28,30)(H,29,31,32). The zero-order chi connectivity index (χ0) is 23.0. The van der Waals surface area contributed by atoms with Crippen molar-refractivity contribution in [2.75, 3.05) is 6.54 Å². The molecule has 0 fully saturated rings. The van der Waals surface area contributed by atoms with Crippen molar-refractivity contribution < 1.29 is 14.4 Å². The largest absolute Gasteiger partial charge is 0.352 e. The molecule has 1 aliphatic rings. The predicted octanol–water partition coefficient (Wildman–Crippen LogP) is 6.56. The van der Waals surface area contributed by atoms with Crippen molar-refractivity contribution in [1.82, 2.24) is 10.6 Å². The number of carbonyl (C=O) groups excluding carboxylic acids is 3. The Morgan fingerprint density at radius 3 is 1.69 bits per heavy atom. The molecule has 1 heterocycles. The summed E-state index contributed by atoms with van der Waals surface area (Å²) in [6.07, 6.45) is 21.2. The van der Waals surface area contributed by atoms with Gasteiger partial charge in [-0.2, -0.15) is 0 Å². The number of carbonyl (C=O) groups is 3. The summed E-state index contributed by atoms with van der Waals surface area (Å²) in [5.74, 6) is -1.02. The molecule has 1 aromatic rings. The molecule has 1 aliphatic heterocycles. The Morgan fingerprint density at radius 2 is 1.16 bits per heavy atom. The molecule has 32 heavy (non-hydrogen) atoms. The average molecular weight is 443 g/mol. The Morgan fingerprint density at radius 1 is 0.688 bits per heavy atom. The van der Waals surface area contributed by atoms with Crippen LogP contribution in [0.15, 0.2) is 18.2 Å². The van der Waals surface area contributed by atoms with Crippen LogP contribution >= 0.6 is 0 Å². The van der Waals surface area contributed by atoms with Gasteiger partial charge in [0, 0.05) is 12.1 Å². The molecule has 0 saturated heterocycles. The highest BCUT2D eigenvalue weighted by Gasteiger charge is 2.27. The van der Waals surface area contributed by atoms with Gasteiger partial charge < -0.3 is 5.32 Å². The molecule has 0 radical (unpaired) electrons. The quantitative estimate of drug-likeness (QED) is 0.200. The second-order valence-electron chi connectivity index (χ2n) is 9.10. The summed E-state index contributed by atoms with van der Waals surface area (Å²) in [6, 6.07) is 4.64. The minimum absolute atomic E-state index is 0.194. The van der Waals surface area contributed by atoms with Gasteiger partial charge in [-0.15, -0.1) is 0 Å². The number of amides is 3. The van der Waals surface area contributed by atoms with Gasteiger partial charge in [0.2, 0.25) is 0 Å². The molecule has 0 atom stereocenters. The second-order valence-corrected chi connectivity index (χ2v) is 9.10. The van der Waals surface area contributed by atoms with Crippen molar-refractivity contribution >= 4 is 17.7 Å². The number of imide groups is 1. The van der Waals surface area contributed by atoms with E-state index in [1.54, 1.807) is 12.1 Å².